The fourth-order valence-corrected chi connectivity index (χ4v) is 3.81. The number of hydrogen-bond acceptors (Lipinski definition) is 3. The van der Waals surface area contributed by atoms with E-state index >= 15 is 0 Å². The Morgan fingerprint density at radius 3 is 3.00 bits per heavy atom. The van der Waals surface area contributed by atoms with E-state index in [9.17, 15) is 4.79 Å². The van der Waals surface area contributed by atoms with Crippen LogP contribution in [0.1, 0.15) is 25.1 Å². The van der Waals surface area contributed by atoms with Crippen LogP contribution in [0.15, 0.2) is 24.3 Å². The second-order valence-corrected chi connectivity index (χ2v) is 6.55. The van der Waals surface area contributed by atoms with Crippen molar-refractivity contribution in [2.75, 3.05) is 26.2 Å². The predicted molar refractivity (Wildman–Crippen MR) is 85.5 cm³/mol. The second kappa shape index (κ2) is 5.39. The van der Waals surface area contributed by atoms with E-state index in [1.54, 1.807) is 0 Å². The summed E-state index contributed by atoms with van der Waals surface area (Å²) in [5.74, 6) is 1.38. The van der Waals surface area contributed by atoms with Crippen molar-refractivity contribution in [2.24, 2.45) is 5.41 Å². The summed E-state index contributed by atoms with van der Waals surface area (Å²) >= 11 is 0. The molecule has 4 rings (SSSR count). The van der Waals surface area contributed by atoms with E-state index in [0.29, 0.717) is 5.91 Å². The van der Waals surface area contributed by atoms with Gasteiger partial charge in [-0.25, -0.2) is 4.98 Å². The lowest BCUT2D eigenvalue weighted by Crippen LogP contribution is -2.36. The highest BCUT2D eigenvalue weighted by molar-refractivity contribution is 5.85. The molecule has 0 bridgehead atoms. The van der Waals surface area contributed by atoms with E-state index in [0.717, 1.165) is 68.7 Å². The Kier molecular flexibility index (Phi) is 3.37. The highest BCUT2D eigenvalue weighted by Crippen LogP contribution is 2.37. The fraction of sp³-hybridized carbons (Fsp3) is 0.529. The lowest BCUT2D eigenvalue weighted by molar-refractivity contribution is -0.135. The number of aromatic amines is 1. The van der Waals surface area contributed by atoms with Crippen molar-refractivity contribution in [3.63, 3.8) is 0 Å². The molecule has 116 valence electrons. The van der Waals surface area contributed by atoms with Crippen molar-refractivity contribution in [3.8, 4) is 0 Å². The molecular weight excluding hydrogens is 276 g/mol. The zero-order chi connectivity index (χ0) is 15.0. The Morgan fingerprint density at radius 2 is 2.18 bits per heavy atom. The minimum absolute atomic E-state index is 0.0840. The van der Waals surface area contributed by atoms with E-state index in [1.807, 2.05) is 24.3 Å². The molecule has 5 nitrogen and oxygen atoms in total. The van der Waals surface area contributed by atoms with E-state index in [1.165, 1.54) is 0 Å². The molecule has 1 amide bonds. The van der Waals surface area contributed by atoms with Crippen LogP contribution in [0.25, 0.3) is 11.0 Å². The summed E-state index contributed by atoms with van der Waals surface area (Å²) < 4.78 is 0. The highest BCUT2D eigenvalue weighted by Gasteiger charge is 2.47. The first kappa shape index (κ1) is 13.8. The highest BCUT2D eigenvalue weighted by atomic mass is 16.2. The van der Waals surface area contributed by atoms with Crippen LogP contribution >= 0.6 is 0 Å². The number of carbonyl (C=O) groups is 1. The molecule has 1 unspecified atom stereocenters. The van der Waals surface area contributed by atoms with Crippen LogP contribution in [-0.4, -0.2) is 47.0 Å². The van der Waals surface area contributed by atoms with Crippen molar-refractivity contribution >= 4 is 16.9 Å². The number of hydrogen-bond donors (Lipinski definition) is 2. The van der Waals surface area contributed by atoms with Crippen LogP contribution in [0.2, 0.25) is 0 Å². The number of amides is 1. The Labute approximate surface area is 130 Å². The molecule has 2 aromatic rings. The number of nitrogens with zero attached hydrogens (tertiary/aromatic N) is 2. The summed E-state index contributed by atoms with van der Waals surface area (Å²) in [6.45, 7) is 3.61. The molecule has 2 aliphatic rings. The van der Waals surface area contributed by atoms with Gasteiger partial charge in [0.25, 0.3) is 0 Å². The van der Waals surface area contributed by atoms with Gasteiger partial charge in [0.05, 0.1) is 16.4 Å². The maximum absolute atomic E-state index is 12.6. The van der Waals surface area contributed by atoms with Gasteiger partial charge < -0.3 is 15.2 Å². The number of aryl methyl sites for hydroxylation is 1. The summed E-state index contributed by atoms with van der Waals surface area (Å²) in [6.07, 6.45) is 3.88. The average Bonchev–Trinajstić information content (AvgIpc) is 3.23. The van der Waals surface area contributed by atoms with Gasteiger partial charge in [-0.15, -0.1) is 0 Å². The number of imidazole rings is 1. The topological polar surface area (TPSA) is 61.0 Å². The number of likely N-dealkylation sites (tertiary alicyclic amines) is 1. The number of fused-ring (bicyclic) bond motifs is 1. The number of carbonyl (C=O) groups excluding carboxylic acids is 1. The Balaban J connectivity index is 1.34. The van der Waals surface area contributed by atoms with Crippen LogP contribution in [0, 0.1) is 5.41 Å². The third-order valence-corrected chi connectivity index (χ3v) is 5.12. The molecule has 1 aromatic heterocycles. The number of H-pyrrole nitrogens is 1. The fourth-order valence-electron chi connectivity index (χ4n) is 3.81. The third kappa shape index (κ3) is 2.29. The van der Waals surface area contributed by atoms with Gasteiger partial charge in [-0.05, 0) is 37.9 Å². The molecule has 2 saturated heterocycles. The molecule has 22 heavy (non-hydrogen) atoms. The standard InChI is InChI=1S/C17H22N4O/c22-16-17(7-9-18-12-17)8-11-21(16)10-3-6-15-19-13-4-1-2-5-14(13)20-15/h1-2,4-5,18H,3,6-12H2,(H,19,20). The zero-order valence-electron chi connectivity index (χ0n) is 12.8. The van der Waals surface area contributed by atoms with Crippen molar-refractivity contribution in [3.05, 3.63) is 30.1 Å². The van der Waals surface area contributed by atoms with E-state index in [4.69, 9.17) is 0 Å². The maximum Gasteiger partial charge on any atom is 0.230 e. The first-order valence-electron chi connectivity index (χ1n) is 8.21. The summed E-state index contributed by atoms with van der Waals surface area (Å²) in [7, 11) is 0. The van der Waals surface area contributed by atoms with Crippen molar-refractivity contribution in [2.45, 2.75) is 25.7 Å². The molecule has 5 heteroatoms. The summed E-state index contributed by atoms with van der Waals surface area (Å²) in [6, 6.07) is 8.09. The van der Waals surface area contributed by atoms with Gasteiger partial charge in [0.15, 0.2) is 0 Å². The smallest absolute Gasteiger partial charge is 0.230 e. The van der Waals surface area contributed by atoms with Gasteiger partial charge in [-0.2, -0.15) is 0 Å². The van der Waals surface area contributed by atoms with Crippen molar-refractivity contribution in [1.82, 2.24) is 20.2 Å². The average molecular weight is 298 g/mol. The van der Waals surface area contributed by atoms with Gasteiger partial charge >= 0.3 is 0 Å². The molecule has 1 spiro atoms. The van der Waals surface area contributed by atoms with Crippen molar-refractivity contribution < 1.29 is 4.79 Å². The van der Waals surface area contributed by atoms with Gasteiger partial charge in [0.1, 0.15) is 5.82 Å². The second-order valence-electron chi connectivity index (χ2n) is 6.55. The van der Waals surface area contributed by atoms with Crippen LogP contribution in [0.5, 0.6) is 0 Å². The van der Waals surface area contributed by atoms with Crippen molar-refractivity contribution in [1.29, 1.82) is 0 Å². The number of rotatable bonds is 4. The summed E-state index contributed by atoms with van der Waals surface area (Å²) in [5.41, 5.74) is 2.02. The molecule has 0 aliphatic carbocycles. The Morgan fingerprint density at radius 1 is 1.27 bits per heavy atom. The molecule has 1 aromatic carbocycles. The van der Waals surface area contributed by atoms with Crippen LogP contribution < -0.4 is 5.32 Å². The van der Waals surface area contributed by atoms with Gasteiger partial charge in [-0.1, -0.05) is 12.1 Å². The van der Waals surface area contributed by atoms with Crippen LogP contribution in [-0.2, 0) is 11.2 Å². The summed E-state index contributed by atoms with van der Waals surface area (Å²) in [4.78, 5) is 22.6. The molecule has 3 heterocycles. The van der Waals surface area contributed by atoms with Crippen LogP contribution in [0.4, 0.5) is 0 Å². The van der Waals surface area contributed by atoms with Gasteiger partial charge in [0.2, 0.25) is 5.91 Å². The van der Waals surface area contributed by atoms with E-state index in [2.05, 4.69) is 20.2 Å². The first-order valence-corrected chi connectivity index (χ1v) is 8.21. The third-order valence-electron chi connectivity index (χ3n) is 5.12. The number of para-hydroxylation sites is 2. The molecule has 0 saturated carbocycles. The lowest BCUT2D eigenvalue weighted by atomic mass is 9.86. The monoisotopic (exact) mass is 298 g/mol. The quantitative estimate of drug-likeness (QED) is 0.903. The van der Waals surface area contributed by atoms with Gasteiger partial charge in [0, 0.05) is 26.1 Å². The van der Waals surface area contributed by atoms with E-state index < -0.39 is 0 Å². The van der Waals surface area contributed by atoms with Gasteiger partial charge in [-0.3, -0.25) is 4.79 Å². The zero-order valence-corrected chi connectivity index (χ0v) is 12.8. The molecule has 1 atom stereocenters. The molecule has 2 fully saturated rings. The molecular formula is C17H22N4O. The summed E-state index contributed by atoms with van der Waals surface area (Å²) in [5, 5.41) is 3.34. The minimum Gasteiger partial charge on any atom is -0.342 e. The lowest BCUT2D eigenvalue weighted by Gasteiger charge is -2.21. The largest absolute Gasteiger partial charge is 0.342 e. The molecule has 2 aliphatic heterocycles. The number of nitrogens with one attached hydrogen (secondary N) is 2. The number of benzene rings is 1. The minimum atomic E-state index is -0.0840. The number of aromatic nitrogens is 2. The first-order chi connectivity index (χ1) is 10.8. The Hall–Kier alpha value is -1.88. The Bertz CT molecular complexity index is 654. The molecule has 0 radical (unpaired) electrons. The van der Waals surface area contributed by atoms with E-state index in [-0.39, 0.29) is 5.41 Å². The van der Waals surface area contributed by atoms with Crippen LogP contribution in [0.3, 0.4) is 0 Å². The normalized spacial score (nSPS) is 24.9. The SMILES string of the molecule is O=C1N(CCCc2nc3ccccc3[nH]2)CCC12CCNC2. The predicted octanol–water partition coefficient (Wildman–Crippen LogP) is 1.71. The maximum atomic E-state index is 12.6. The molecule has 2 N–H and O–H groups in total.